The van der Waals surface area contributed by atoms with Crippen molar-refractivity contribution in [2.75, 3.05) is 14.2 Å². The molecule has 0 radical (unpaired) electrons. The van der Waals surface area contributed by atoms with E-state index < -0.39 is 70.0 Å². The van der Waals surface area contributed by atoms with Crippen LogP contribution in [0.3, 0.4) is 0 Å². The average Bonchev–Trinajstić information content (AvgIpc) is 2.77. The predicted octanol–water partition coefficient (Wildman–Crippen LogP) is 0.867. The monoisotopic (exact) mass is 550 g/mol. The minimum absolute atomic E-state index is 0.0649. The summed E-state index contributed by atoms with van der Waals surface area (Å²) in [6.07, 6.45) is 0.614. The smallest absolute Gasteiger partial charge is 0.328 e. The molecule has 0 aliphatic rings. The van der Waals surface area contributed by atoms with Gasteiger partial charge in [-0.25, -0.2) is 9.59 Å². The Morgan fingerprint density at radius 2 is 0.919 bits per heavy atom. The second-order valence-corrected chi connectivity index (χ2v) is 12.1. The number of rotatable bonds is 16. The Bertz CT molecular complexity index is 810. The second kappa shape index (κ2) is 15.9. The summed E-state index contributed by atoms with van der Waals surface area (Å²) in [6.45, 7) is 14.1. The van der Waals surface area contributed by atoms with Crippen LogP contribution in [0.15, 0.2) is 0 Å². The van der Waals surface area contributed by atoms with Crippen molar-refractivity contribution >= 4 is 34.0 Å². The lowest BCUT2D eigenvalue weighted by atomic mass is 10.0. The molecule has 0 fully saturated rings. The largest absolute Gasteiger partial charge is 0.467 e. The minimum atomic E-state index is -4.38. The first-order valence-corrected chi connectivity index (χ1v) is 14.0. The van der Waals surface area contributed by atoms with Crippen LogP contribution in [0, 0.1) is 23.7 Å². The van der Waals surface area contributed by atoms with E-state index in [1.807, 2.05) is 27.7 Å². The van der Waals surface area contributed by atoms with Gasteiger partial charge in [0.05, 0.1) is 14.2 Å². The van der Waals surface area contributed by atoms with Crippen molar-refractivity contribution < 1.29 is 37.1 Å². The summed E-state index contributed by atoms with van der Waals surface area (Å²) in [6, 6.07) is -4.36. The van der Waals surface area contributed by atoms with E-state index in [0.717, 1.165) is 0 Å². The molecular weight excluding hydrogens is 504 g/mol. The molecule has 0 rings (SSSR count). The fraction of sp³-hybridized carbons (Fsp3) is 0.833. The lowest BCUT2D eigenvalue weighted by molar-refractivity contribution is -0.146. The lowest BCUT2D eigenvalue weighted by Crippen LogP contribution is -2.60. The SMILES string of the molecule is COC(=O)[C@H](CC(C)C)NC(=O)[C@@H](NS(=O)(=O)N[C@H](C(=O)N[C@@H](CC(C)C)C(=O)OC)C(C)C)C(C)C. The average molecular weight is 551 g/mol. The van der Waals surface area contributed by atoms with Crippen LogP contribution in [0.1, 0.15) is 68.2 Å². The van der Waals surface area contributed by atoms with E-state index in [0.29, 0.717) is 12.8 Å². The van der Waals surface area contributed by atoms with Crippen molar-refractivity contribution in [2.24, 2.45) is 23.7 Å². The zero-order chi connectivity index (χ0) is 29.1. The van der Waals surface area contributed by atoms with Crippen LogP contribution in [0.25, 0.3) is 0 Å². The molecule has 0 aromatic heterocycles. The molecule has 0 heterocycles. The Labute approximate surface area is 221 Å². The van der Waals surface area contributed by atoms with Gasteiger partial charge >= 0.3 is 11.9 Å². The highest BCUT2D eigenvalue weighted by Crippen LogP contribution is 2.12. The molecule has 2 amide bonds. The Morgan fingerprint density at radius 3 is 1.14 bits per heavy atom. The molecule has 12 nitrogen and oxygen atoms in total. The molecule has 4 atom stereocenters. The van der Waals surface area contributed by atoms with Gasteiger partial charge in [-0.15, -0.1) is 0 Å². The number of esters is 2. The predicted molar refractivity (Wildman–Crippen MR) is 139 cm³/mol. The van der Waals surface area contributed by atoms with Crippen LogP contribution in [-0.4, -0.2) is 70.6 Å². The number of carbonyl (C=O) groups is 4. The highest BCUT2D eigenvalue weighted by Gasteiger charge is 2.35. The lowest BCUT2D eigenvalue weighted by Gasteiger charge is -2.28. The highest BCUT2D eigenvalue weighted by atomic mass is 32.2. The fourth-order valence-corrected chi connectivity index (χ4v) is 5.03. The van der Waals surface area contributed by atoms with Crippen molar-refractivity contribution in [3.63, 3.8) is 0 Å². The Morgan fingerprint density at radius 1 is 0.622 bits per heavy atom. The topological polar surface area (TPSA) is 169 Å². The molecule has 13 heteroatoms. The van der Waals surface area contributed by atoms with E-state index >= 15 is 0 Å². The van der Waals surface area contributed by atoms with Gasteiger partial charge in [-0.2, -0.15) is 17.9 Å². The minimum Gasteiger partial charge on any atom is -0.467 e. The van der Waals surface area contributed by atoms with Crippen LogP contribution >= 0.6 is 0 Å². The maximum absolute atomic E-state index is 13.0. The first kappa shape index (κ1) is 34.8. The molecule has 37 heavy (non-hydrogen) atoms. The van der Waals surface area contributed by atoms with Crippen LogP contribution < -0.4 is 20.1 Å². The standard InChI is InChI=1S/C24H46N4O8S/c1-13(2)11-17(23(31)35-9)25-21(29)19(15(5)6)27-37(33,34)28-20(16(7)8)22(30)26-18(12-14(3)4)24(32)36-10/h13-20,27-28H,11-12H2,1-10H3,(H,25,29)(H,26,30)/t17-,18-,19-,20-/m0/s1. The number of nitrogens with one attached hydrogen (secondary N) is 4. The molecule has 4 N–H and O–H groups in total. The van der Waals surface area contributed by atoms with E-state index in [2.05, 4.69) is 20.1 Å². The van der Waals surface area contributed by atoms with Crippen molar-refractivity contribution in [3.05, 3.63) is 0 Å². The summed E-state index contributed by atoms with van der Waals surface area (Å²) in [7, 11) is -1.97. The summed E-state index contributed by atoms with van der Waals surface area (Å²) in [5.41, 5.74) is 0. The number of hydrogen-bond donors (Lipinski definition) is 4. The first-order chi connectivity index (χ1) is 16.9. The van der Waals surface area contributed by atoms with Gasteiger partial charge in [0.25, 0.3) is 10.2 Å². The van der Waals surface area contributed by atoms with Gasteiger partial charge < -0.3 is 20.1 Å². The second-order valence-electron chi connectivity index (χ2n) is 10.6. The molecule has 0 aromatic carbocycles. The van der Waals surface area contributed by atoms with Gasteiger partial charge in [0.15, 0.2) is 0 Å². The van der Waals surface area contributed by atoms with Gasteiger partial charge in [0.2, 0.25) is 11.8 Å². The molecule has 0 bridgehead atoms. The molecule has 0 saturated carbocycles. The van der Waals surface area contributed by atoms with Gasteiger partial charge in [-0.05, 0) is 36.5 Å². The summed E-state index contributed by atoms with van der Waals surface area (Å²) >= 11 is 0. The molecule has 0 saturated heterocycles. The van der Waals surface area contributed by atoms with E-state index in [9.17, 15) is 27.6 Å². The van der Waals surface area contributed by atoms with Gasteiger partial charge in [-0.1, -0.05) is 55.4 Å². The van der Waals surface area contributed by atoms with E-state index in [-0.39, 0.29) is 11.8 Å². The van der Waals surface area contributed by atoms with Crippen molar-refractivity contribution in [3.8, 4) is 0 Å². The fourth-order valence-electron chi connectivity index (χ4n) is 3.53. The normalized spacial score (nSPS) is 15.3. The van der Waals surface area contributed by atoms with Crippen LogP contribution in [0.4, 0.5) is 0 Å². The Balaban J connectivity index is 5.72. The maximum Gasteiger partial charge on any atom is 0.328 e. The third-order valence-electron chi connectivity index (χ3n) is 5.48. The van der Waals surface area contributed by atoms with Crippen molar-refractivity contribution in [1.29, 1.82) is 0 Å². The number of methoxy groups -OCH3 is 2. The maximum atomic E-state index is 13.0. The highest BCUT2D eigenvalue weighted by molar-refractivity contribution is 7.87. The van der Waals surface area contributed by atoms with Gasteiger partial charge in [-0.3, -0.25) is 9.59 Å². The molecule has 0 aliphatic carbocycles. The Hall–Kier alpha value is -2.25. The summed E-state index contributed by atoms with van der Waals surface area (Å²) in [4.78, 5) is 50.2. The van der Waals surface area contributed by atoms with Gasteiger partial charge in [0, 0.05) is 0 Å². The van der Waals surface area contributed by atoms with E-state index in [1.165, 1.54) is 14.2 Å². The first-order valence-electron chi connectivity index (χ1n) is 12.5. The zero-order valence-electron chi connectivity index (χ0n) is 23.7. The van der Waals surface area contributed by atoms with E-state index in [4.69, 9.17) is 9.47 Å². The van der Waals surface area contributed by atoms with Gasteiger partial charge in [0.1, 0.15) is 24.2 Å². The molecule has 0 unspecified atom stereocenters. The molecule has 0 aromatic rings. The van der Waals surface area contributed by atoms with Crippen LogP contribution in [0.5, 0.6) is 0 Å². The third-order valence-corrected chi connectivity index (χ3v) is 6.61. The van der Waals surface area contributed by atoms with Crippen molar-refractivity contribution in [1.82, 2.24) is 20.1 Å². The molecule has 216 valence electrons. The molecular formula is C24H46N4O8S. The van der Waals surface area contributed by atoms with Crippen molar-refractivity contribution in [2.45, 2.75) is 92.4 Å². The zero-order valence-corrected chi connectivity index (χ0v) is 24.5. The van der Waals surface area contributed by atoms with Crippen LogP contribution in [-0.2, 0) is 38.9 Å². The number of carbonyl (C=O) groups excluding carboxylic acids is 4. The third kappa shape index (κ3) is 12.7. The quantitative estimate of drug-likeness (QED) is 0.205. The van der Waals surface area contributed by atoms with E-state index in [1.54, 1.807) is 27.7 Å². The molecule has 0 aliphatic heterocycles. The summed E-state index contributed by atoms with van der Waals surface area (Å²) in [5, 5.41) is 5.13. The summed E-state index contributed by atoms with van der Waals surface area (Å²) in [5.74, 6) is -3.53. The number of hydrogen-bond acceptors (Lipinski definition) is 8. The molecule has 0 spiro atoms. The Kier molecular flexibility index (Phi) is 14.9. The number of amides is 2. The summed E-state index contributed by atoms with van der Waals surface area (Å²) < 4.78 is 40.1. The van der Waals surface area contributed by atoms with Crippen LogP contribution in [0.2, 0.25) is 0 Å². The number of ether oxygens (including phenoxy) is 2.